The molecule has 0 saturated carbocycles. The number of hydrogen-bond acceptors (Lipinski definition) is 1. The second-order valence-electron chi connectivity index (χ2n) is 4.50. The number of hydrogen-bond donors (Lipinski definition) is 1. The van der Waals surface area contributed by atoms with E-state index in [2.05, 4.69) is 0 Å². The highest BCUT2D eigenvalue weighted by molar-refractivity contribution is 5.74. The van der Waals surface area contributed by atoms with Crippen LogP contribution in [-0.4, -0.2) is 11.1 Å². The molecule has 0 unspecified atom stereocenters. The molecular weight excluding hydrogens is 195 g/mol. The molecule has 0 aromatic heterocycles. The maximum atomic E-state index is 13.1. The molecule has 0 aliphatic heterocycles. The summed E-state index contributed by atoms with van der Waals surface area (Å²) in [7, 11) is 0. The SMILES string of the molecule is Cc1cc(F)cc(CC(C)(C)C(=O)O)c1. The lowest BCUT2D eigenvalue weighted by molar-refractivity contribution is -0.146. The summed E-state index contributed by atoms with van der Waals surface area (Å²) in [5.41, 5.74) is 0.673. The number of rotatable bonds is 3. The lowest BCUT2D eigenvalue weighted by Gasteiger charge is -2.19. The molecule has 1 N–H and O–H groups in total. The molecule has 1 rings (SSSR count). The van der Waals surface area contributed by atoms with E-state index in [1.54, 1.807) is 20.8 Å². The van der Waals surface area contributed by atoms with Gasteiger partial charge in [0.15, 0.2) is 0 Å². The summed E-state index contributed by atoms with van der Waals surface area (Å²) in [5.74, 6) is -1.18. The van der Waals surface area contributed by atoms with Crippen molar-refractivity contribution in [3.05, 3.63) is 35.1 Å². The third-order valence-electron chi connectivity index (χ3n) is 2.33. The third kappa shape index (κ3) is 3.05. The predicted octanol–water partition coefficient (Wildman–Crippen LogP) is 2.79. The summed E-state index contributed by atoms with van der Waals surface area (Å²) in [5, 5.41) is 8.95. The molecule has 0 spiro atoms. The van der Waals surface area contributed by atoms with E-state index in [4.69, 9.17) is 5.11 Å². The van der Waals surface area contributed by atoms with Gasteiger partial charge in [-0.3, -0.25) is 4.79 Å². The maximum absolute atomic E-state index is 13.1. The monoisotopic (exact) mass is 210 g/mol. The summed E-state index contributed by atoms with van der Waals surface area (Å²) in [6.07, 6.45) is 0.334. The number of halogens is 1. The van der Waals surface area contributed by atoms with Gasteiger partial charge in [-0.1, -0.05) is 6.07 Å². The van der Waals surface area contributed by atoms with Gasteiger partial charge < -0.3 is 5.11 Å². The van der Waals surface area contributed by atoms with E-state index in [1.807, 2.05) is 6.07 Å². The fourth-order valence-electron chi connectivity index (χ4n) is 1.50. The van der Waals surface area contributed by atoms with E-state index in [-0.39, 0.29) is 5.82 Å². The van der Waals surface area contributed by atoms with Crippen LogP contribution in [-0.2, 0) is 11.2 Å². The van der Waals surface area contributed by atoms with Gasteiger partial charge in [0.25, 0.3) is 0 Å². The predicted molar refractivity (Wildman–Crippen MR) is 56.3 cm³/mol. The van der Waals surface area contributed by atoms with Gasteiger partial charge in [-0.15, -0.1) is 0 Å². The Morgan fingerprint density at radius 2 is 2.00 bits per heavy atom. The van der Waals surface area contributed by atoms with E-state index in [9.17, 15) is 9.18 Å². The number of carboxylic acid groups (broad SMARTS) is 1. The van der Waals surface area contributed by atoms with Gasteiger partial charge in [-0.05, 0) is 50.5 Å². The van der Waals surface area contributed by atoms with Crippen molar-refractivity contribution in [2.75, 3.05) is 0 Å². The average molecular weight is 210 g/mol. The molecule has 0 radical (unpaired) electrons. The van der Waals surface area contributed by atoms with Gasteiger partial charge in [0.1, 0.15) is 5.82 Å². The third-order valence-corrected chi connectivity index (χ3v) is 2.33. The van der Waals surface area contributed by atoms with Crippen molar-refractivity contribution in [2.45, 2.75) is 27.2 Å². The van der Waals surface area contributed by atoms with Crippen LogP contribution in [0.25, 0.3) is 0 Å². The van der Waals surface area contributed by atoms with Crippen molar-refractivity contribution in [3.63, 3.8) is 0 Å². The zero-order chi connectivity index (χ0) is 11.6. The van der Waals surface area contributed by atoms with Crippen LogP contribution in [0, 0.1) is 18.2 Å². The Morgan fingerprint density at radius 3 is 2.47 bits per heavy atom. The molecule has 1 aromatic rings. The van der Waals surface area contributed by atoms with Crippen LogP contribution in [0.2, 0.25) is 0 Å². The molecule has 0 aliphatic rings. The van der Waals surface area contributed by atoms with Crippen molar-refractivity contribution in [2.24, 2.45) is 5.41 Å². The minimum Gasteiger partial charge on any atom is -0.481 e. The van der Waals surface area contributed by atoms with Gasteiger partial charge in [0, 0.05) is 0 Å². The highest BCUT2D eigenvalue weighted by atomic mass is 19.1. The minimum atomic E-state index is -0.871. The van der Waals surface area contributed by atoms with Crippen molar-refractivity contribution in [3.8, 4) is 0 Å². The maximum Gasteiger partial charge on any atom is 0.309 e. The molecule has 82 valence electrons. The zero-order valence-electron chi connectivity index (χ0n) is 9.17. The van der Waals surface area contributed by atoms with Crippen LogP contribution in [0.4, 0.5) is 4.39 Å². The molecule has 0 fully saturated rings. The molecule has 0 saturated heterocycles. The fraction of sp³-hybridized carbons (Fsp3) is 0.417. The topological polar surface area (TPSA) is 37.3 Å². The number of carbonyl (C=O) groups is 1. The van der Waals surface area contributed by atoms with Crippen molar-refractivity contribution in [1.82, 2.24) is 0 Å². The molecule has 0 heterocycles. The number of benzene rings is 1. The second-order valence-corrected chi connectivity index (χ2v) is 4.50. The highest BCUT2D eigenvalue weighted by Crippen LogP contribution is 2.23. The largest absolute Gasteiger partial charge is 0.481 e. The molecule has 3 heteroatoms. The van der Waals surface area contributed by atoms with Crippen LogP contribution >= 0.6 is 0 Å². The Labute approximate surface area is 88.7 Å². The van der Waals surface area contributed by atoms with E-state index in [0.29, 0.717) is 6.42 Å². The summed E-state index contributed by atoms with van der Waals surface area (Å²) < 4.78 is 13.1. The quantitative estimate of drug-likeness (QED) is 0.832. The molecule has 0 atom stereocenters. The molecule has 1 aromatic carbocycles. The van der Waals surface area contributed by atoms with Crippen LogP contribution in [0.5, 0.6) is 0 Å². The Hall–Kier alpha value is -1.38. The number of carboxylic acids is 1. The van der Waals surface area contributed by atoms with E-state index < -0.39 is 11.4 Å². The lowest BCUT2D eigenvalue weighted by Crippen LogP contribution is -2.26. The summed E-state index contributed by atoms with van der Waals surface area (Å²) in [4.78, 5) is 10.9. The standard InChI is InChI=1S/C12H15FO2/c1-8-4-9(6-10(13)5-8)7-12(2,3)11(14)15/h4-6H,7H2,1-3H3,(H,14,15). The normalized spacial score (nSPS) is 11.5. The average Bonchev–Trinajstić information content (AvgIpc) is 1.99. The fourth-order valence-corrected chi connectivity index (χ4v) is 1.50. The van der Waals surface area contributed by atoms with Crippen molar-refractivity contribution >= 4 is 5.97 Å². The Kier molecular flexibility index (Phi) is 3.12. The van der Waals surface area contributed by atoms with Gasteiger partial charge in [-0.25, -0.2) is 4.39 Å². The lowest BCUT2D eigenvalue weighted by atomic mass is 9.85. The molecule has 0 aliphatic carbocycles. The summed E-state index contributed by atoms with van der Waals surface area (Å²) >= 11 is 0. The van der Waals surface area contributed by atoms with Crippen LogP contribution in [0.15, 0.2) is 18.2 Å². The van der Waals surface area contributed by atoms with Gasteiger partial charge >= 0.3 is 5.97 Å². The summed E-state index contributed by atoms with van der Waals surface area (Å²) in [6.45, 7) is 5.06. The Bertz CT molecular complexity index is 363. The zero-order valence-corrected chi connectivity index (χ0v) is 9.17. The van der Waals surface area contributed by atoms with Gasteiger partial charge in [0.2, 0.25) is 0 Å². The Morgan fingerprint density at radius 1 is 1.40 bits per heavy atom. The molecule has 15 heavy (non-hydrogen) atoms. The first-order chi connectivity index (χ1) is 6.81. The van der Waals surface area contributed by atoms with Crippen molar-refractivity contribution < 1.29 is 14.3 Å². The summed E-state index contributed by atoms with van der Waals surface area (Å²) in [6, 6.07) is 4.63. The van der Waals surface area contributed by atoms with Crippen LogP contribution < -0.4 is 0 Å². The molecular formula is C12H15FO2. The first-order valence-electron chi connectivity index (χ1n) is 4.81. The highest BCUT2D eigenvalue weighted by Gasteiger charge is 2.27. The molecule has 0 bridgehead atoms. The van der Waals surface area contributed by atoms with Crippen molar-refractivity contribution in [1.29, 1.82) is 0 Å². The van der Waals surface area contributed by atoms with Crippen LogP contribution in [0.1, 0.15) is 25.0 Å². The smallest absolute Gasteiger partial charge is 0.309 e. The van der Waals surface area contributed by atoms with Gasteiger partial charge in [0.05, 0.1) is 5.41 Å². The first-order valence-corrected chi connectivity index (χ1v) is 4.81. The van der Waals surface area contributed by atoms with E-state index >= 15 is 0 Å². The van der Waals surface area contributed by atoms with Crippen LogP contribution in [0.3, 0.4) is 0 Å². The number of aliphatic carboxylic acids is 1. The minimum absolute atomic E-state index is 0.314. The van der Waals surface area contributed by atoms with Gasteiger partial charge in [-0.2, -0.15) is 0 Å². The number of aryl methyl sites for hydroxylation is 1. The van der Waals surface area contributed by atoms with E-state index in [1.165, 1.54) is 12.1 Å². The first kappa shape index (κ1) is 11.7. The molecule has 0 amide bonds. The molecule has 2 nitrogen and oxygen atoms in total. The van der Waals surface area contributed by atoms with E-state index in [0.717, 1.165) is 11.1 Å². The second kappa shape index (κ2) is 4.01. The Balaban J connectivity index is 2.94.